The van der Waals surface area contributed by atoms with Crippen molar-refractivity contribution < 1.29 is 23.2 Å². The lowest BCUT2D eigenvalue weighted by molar-refractivity contribution is 0.466. The van der Waals surface area contributed by atoms with Gasteiger partial charge in [-0.05, 0) is 24.3 Å². The Kier molecular flexibility index (Phi) is 2.21. The lowest BCUT2D eigenvalue weighted by atomic mass is 10.2. The molecule has 2 rings (SSSR count). The number of pyridine rings is 1. The van der Waals surface area contributed by atoms with Gasteiger partial charge in [-0.1, -0.05) is 0 Å². The van der Waals surface area contributed by atoms with E-state index >= 15 is 0 Å². The molecule has 7 heteroatoms. The number of hydrogen-bond donors (Lipinski definition) is 3. The number of nitrogens with zero attached hydrogens (tertiary/aromatic N) is 1. The number of aromatic nitrogens is 1. The van der Waals surface area contributed by atoms with E-state index in [0.29, 0.717) is 0 Å². The topological polar surface area (TPSA) is 108 Å². The summed E-state index contributed by atoms with van der Waals surface area (Å²) in [5, 5.41) is 18.5. The fraction of sp³-hybridized carbons (Fsp3) is 0. The van der Waals surface area contributed by atoms with Gasteiger partial charge in [-0.2, -0.15) is 8.42 Å². The molecule has 0 saturated carbocycles. The minimum atomic E-state index is -4.43. The zero-order valence-corrected chi connectivity index (χ0v) is 8.64. The van der Waals surface area contributed by atoms with Crippen LogP contribution in [0.2, 0.25) is 0 Å². The zero-order chi connectivity index (χ0) is 11.9. The highest BCUT2D eigenvalue weighted by atomic mass is 32.2. The summed E-state index contributed by atoms with van der Waals surface area (Å²) in [6.45, 7) is 0. The molecule has 0 spiro atoms. The molecule has 0 aliphatic rings. The predicted molar refractivity (Wildman–Crippen MR) is 54.9 cm³/mol. The molecule has 3 N–H and O–H groups in total. The van der Waals surface area contributed by atoms with Crippen molar-refractivity contribution in [1.29, 1.82) is 0 Å². The van der Waals surface area contributed by atoms with Gasteiger partial charge in [-0.3, -0.25) is 4.55 Å². The predicted octanol–water partition coefficient (Wildman–Crippen LogP) is 0.893. The van der Waals surface area contributed by atoms with Crippen LogP contribution in [0.1, 0.15) is 0 Å². The lowest BCUT2D eigenvalue weighted by Crippen LogP contribution is -2.01. The third kappa shape index (κ3) is 1.66. The Balaban J connectivity index is 2.86. The van der Waals surface area contributed by atoms with Crippen LogP contribution >= 0.6 is 0 Å². The summed E-state index contributed by atoms with van der Waals surface area (Å²) in [6, 6.07) is 4.72. The smallest absolute Gasteiger partial charge is 0.312 e. The van der Waals surface area contributed by atoms with Crippen LogP contribution in [0.3, 0.4) is 0 Å². The molecule has 0 saturated heterocycles. The molecular weight excluding hydrogens is 234 g/mol. The quantitative estimate of drug-likeness (QED) is 0.505. The van der Waals surface area contributed by atoms with Crippen LogP contribution in [0.25, 0.3) is 10.9 Å². The molecular formula is C9H7NO5S. The Bertz CT molecular complexity index is 665. The highest BCUT2D eigenvalue weighted by molar-refractivity contribution is 7.85. The summed E-state index contributed by atoms with van der Waals surface area (Å²) in [4.78, 5) is 3.56. The van der Waals surface area contributed by atoms with Crippen LogP contribution in [0, 0.1) is 0 Å². The molecule has 0 unspecified atom stereocenters. The molecule has 0 bridgehead atoms. The minimum Gasteiger partial charge on any atom is -0.507 e. The minimum absolute atomic E-state index is 0.0878. The van der Waals surface area contributed by atoms with Gasteiger partial charge in [0.2, 0.25) is 0 Å². The van der Waals surface area contributed by atoms with Gasteiger partial charge in [0.15, 0.2) is 5.03 Å². The maximum absolute atomic E-state index is 10.8. The van der Waals surface area contributed by atoms with Gasteiger partial charge >= 0.3 is 10.1 Å². The zero-order valence-electron chi connectivity index (χ0n) is 7.82. The second-order valence-corrected chi connectivity index (χ2v) is 4.49. The summed E-state index contributed by atoms with van der Waals surface area (Å²) in [5.41, 5.74) is -0.0878. The molecule has 0 radical (unpaired) electrons. The molecule has 0 fully saturated rings. The number of benzene rings is 1. The van der Waals surface area contributed by atoms with Gasteiger partial charge in [0.25, 0.3) is 0 Å². The van der Waals surface area contributed by atoms with Gasteiger partial charge in [0, 0.05) is 5.39 Å². The van der Waals surface area contributed by atoms with Gasteiger partial charge in [-0.25, -0.2) is 4.98 Å². The lowest BCUT2D eigenvalue weighted by Gasteiger charge is -2.03. The number of hydrogen-bond acceptors (Lipinski definition) is 5. The first-order chi connectivity index (χ1) is 7.39. The van der Waals surface area contributed by atoms with E-state index in [-0.39, 0.29) is 22.4 Å². The summed E-state index contributed by atoms with van der Waals surface area (Å²) in [7, 11) is -4.43. The molecule has 16 heavy (non-hydrogen) atoms. The Morgan fingerprint density at radius 1 is 1.00 bits per heavy atom. The summed E-state index contributed by atoms with van der Waals surface area (Å²) in [6.07, 6.45) is 0. The molecule has 1 heterocycles. The van der Waals surface area contributed by atoms with Crippen LogP contribution in [0.5, 0.6) is 11.5 Å². The van der Waals surface area contributed by atoms with Crippen molar-refractivity contribution in [1.82, 2.24) is 4.98 Å². The van der Waals surface area contributed by atoms with Crippen molar-refractivity contribution in [3.8, 4) is 11.5 Å². The van der Waals surface area contributed by atoms with E-state index in [2.05, 4.69) is 4.98 Å². The van der Waals surface area contributed by atoms with Crippen molar-refractivity contribution in [2.24, 2.45) is 0 Å². The van der Waals surface area contributed by atoms with Gasteiger partial charge in [0.1, 0.15) is 17.0 Å². The summed E-state index contributed by atoms with van der Waals surface area (Å²) < 4.78 is 30.4. The Morgan fingerprint density at radius 3 is 2.25 bits per heavy atom. The molecule has 1 aromatic heterocycles. The van der Waals surface area contributed by atoms with Gasteiger partial charge in [-0.15, -0.1) is 0 Å². The fourth-order valence-corrected chi connectivity index (χ4v) is 1.76. The number of fused-ring (bicyclic) bond motifs is 1. The first-order valence-corrected chi connectivity index (χ1v) is 5.63. The maximum Gasteiger partial charge on any atom is 0.312 e. The Hall–Kier alpha value is -1.86. The highest BCUT2D eigenvalue weighted by Crippen LogP contribution is 2.30. The number of aromatic hydroxyl groups is 2. The maximum atomic E-state index is 10.8. The third-order valence-electron chi connectivity index (χ3n) is 2.05. The molecule has 0 aliphatic carbocycles. The average Bonchev–Trinajstić information content (AvgIpc) is 2.22. The number of rotatable bonds is 1. The standard InChI is InChI=1S/C9H7NO5S/c11-6-2-3-7(12)9-5(6)1-4-8(10-9)16(13,14)15/h1-4,11-12H,(H,13,14,15). The number of phenols is 2. The van der Waals surface area contributed by atoms with E-state index in [1.165, 1.54) is 18.2 Å². The van der Waals surface area contributed by atoms with E-state index in [1.54, 1.807) is 0 Å². The third-order valence-corrected chi connectivity index (χ3v) is 2.81. The fourth-order valence-electron chi connectivity index (χ4n) is 1.31. The van der Waals surface area contributed by atoms with E-state index < -0.39 is 15.1 Å². The largest absolute Gasteiger partial charge is 0.507 e. The van der Waals surface area contributed by atoms with E-state index in [4.69, 9.17) is 4.55 Å². The van der Waals surface area contributed by atoms with Crippen LogP contribution in [-0.4, -0.2) is 28.2 Å². The van der Waals surface area contributed by atoms with Crippen molar-refractivity contribution in [2.45, 2.75) is 5.03 Å². The highest BCUT2D eigenvalue weighted by Gasteiger charge is 2.14. The van der Waals surface area contributed by atoms with Crippen molar-refractivity contribution in [3.63, 3.8) is 0 Å². The number of phenolic OH excluding ortho intramolecular Hbond substituents is 2. The molecule has 2 aromatic rings. The second kappa shape index (κ2) is 3.32. The average molecular weight is 241 g/mol. The van der Waals surface area contributed by atoms with E-state index in [1.807, 2.05) is 0 Å². The van der Waals surface area contributed by atoms with Crippen LogP contribution < -0.4 is 0 Å². The van der Waals surface area contributed by atoms with Crippen LogP contribution in [-0.2, 0) is 10.1 Å². The first-order valence-electron chi connectivity index (χ1n) is 4.19. The van der Waals surface area contributed by atoms with Crippen LogP contribution in [0.4, 0.5) is 0 Å². The summed E-state index contributed by atoms with van der Waals surface area (Å²) in [5.74, 6) is -0.416. The monoisotopic (exact) mass is 241 g/mol. The molecule has 0 aliphatic heterocycles. The van der Waals surface area contributed by atoms with Gasteiger partial charge in [0.05, 0.1) is 0 Å². The SMILES string of the molecule is O=S(=O)(O)c1ccc2c(O)ccc(O)c2n1. The second-order valence-electron chi connectivity index (χ2n) is 3.12. The van der Waals surface area contributed by atoms with Gasteiger partial charge < -0.3 is 10.2 Å². The van der Waals surface area contributed by atoms with Crippen molar-refractivity contribution in [2.75, 3.05) is 0 Å². The summed E-state index contributed by atoms with van der Waals surface area (Å²) >= 11 is 0. The molecule has 1 aromatic carbocycles. The van der Waals surface area contributed by atoms with Crippen molar-refractivity contribution >= 4 is 21.0 Å². The van der Waals surface area contributed by atoms with Crippen molar-refractivity contribution in [3.05, 3.63) is 24.3 Å². The molecule has 84 valence electrons. The van der Waals surface area contributed by atoms with E-state index in [0.717, 1.165) is 6.07 Å². The Morgan fingerprint density at radius 2 is 1.62 bits per heavy atom. The molecule has 0 amide bonds. The first kappa shape index (κ1) is 10.7. The van der Waals surface area contributed by atoms with E-state index in [9.17, 15) is 18.6 Å². The molecule has 0 atom stereocenters. The Labute approximate surface area is 90.5 Å². The molecule has 6 nitrogen and oxygen atoms in total. The normalized spacial score (nSPS) is 11.8. The van der Waals surface area contributed by atoms with Crippen LogP contribution in [0.15, 0.2) is 29.3 Å².